The average Bonchev–Trinajstić information content (AvgIpc) is 4.05. The van der Waals surface area contributed by atoms with Crippen LogP contribution < -0.4 is 27.0 Å². The maximum atomic E-state index is 14.7. The van der Waals surface area contributed by atoms with E-state index in [1.54, 1.807) is 24.3 Å². The molecule has 13 nitrogen and oxygen atoms in total. The number of carbonyl (C=O) groups is 6. The van der Waals surface area contributed by atoms with Crippen molar-refractivity contribution in [1.29, 1.82) is 0 Å². The molecule has 0 unspecified atom stereocenters. The molecule has 4 aliphatic rings. The molecule has 3 saturated heterocycles. The van der Waals surface area contributed by atoms with Crippen LogP contribution in [0.5, 0.6) is 0 Å². The Balaban J connectivity index is 1.29. The molecule has 6 amide bonds. The van der Waals surface area contributed by atoms with Crippen LogP contribution in [0, 0.1) is 0 Å². The zero-order valence-electron chi connectivity index (χ0n) is 34.1. The molecule has 0 aromatic heterocycles. The van der Waals surface area contributed by atoms with Gasteiger partial charge in [-0.15, -0.1) is 0 Å². The van der Waals surface area contributed by atoms with Crippen molar-refractivity contribution >= 4 is 47.0 Å². The van der Waals surface area contributed by atoms with Crippen LogP contribution in [0.3, 0.4) is 0 Å². The van der Waals surface area contributed by atoms with E-state index in [9.17, 15) is 41.9 Å². The van der Waals surface area contributed by atoms with E-state index in [2.05, 4.69) is 21.3 Å². The quantitative estimate of drug-likeness (QED) is 0.240. The summed E-state index contributed by atoms with van der Waals surface area (Å²) in [4.78, 5) is 90.2. The van der Waals surface area contributed by atoms with Gasteiger partial charge in [-0.25, -0.2) is 0 Å². The molecule has 3 aromatic rings. The lowest BCUT2D eigenvalue weighted by atomic mass is 9.93. The second kappa shape index (κ2) is 18.9. The molecule has 6 atom stereocenters. The Kier molecular flexibility index (Phi) is 13.6. The third-order valence-corrected chi connectivity index (χ3v) is 12.9. The van der Waals surface area contributed by atoms with Crippen molar-refractivity contribution in [3.63, 3.8) is 0 Å². The van der Waals surface area contributed by atoms with Crippen LogP contribution in [0.1, 0.15) is 79.5 Å². The summed E-state index contributed by atoms with van der Waals surface area (Å²) in [6.07, 6.45) is -2.40. The largest absolute Gasteiger partial charge is 0.416 e. The summed E-state index contributed by atoms with van der Waals surface area (Å²) in [6, 6.07) is 14.4. The van der Waals surface area contributed by atoms with Crippen LogP contribution in [-0.2, 0) is 47.8 Å². The summed E-state index contributed by atoms with van der Waals surface area (Å²) in [7, 11) is 0. The van der Waals surface area contributed by atoms with Crippen molar-refractivity contribution in [2.75, 3.05) is 19.6 Å². The van der Waals surface area contributed by atoms with Crippen molar-refractivity contribution in [3.05, 3.63) is 106 Å². The minimum absolute atomic E-state index is 0.0152. The van der Waals surface area contributed by atoms with Gasteiger partial charge in [0.2, 0.25) is 35.4 Å². The highest BCUT2D eigenvalue weighted by molar-refractivity contribution is 6.30. The fourth-order valence-corrected chi connectivity index (χ4v) is 9.41. The van der Waals surface area contributed by atoms with E-state index in [1.807, 2.05) is 30.3 Å². The Labute approximate surface area is 362 Å². The van der Waals surface area contributed by atoms with E-state index in [1.165, 1.54) is 21.9 Å². The van der Waals surface area contributed by atoms with Gasteiger partial charge in [-0.05, 0) is 86.0 Å². The summed E-state index contributed by atoms with van der Waals surface area (Å²) in [5.74, 6) is -4.03. The molecule has 4 fully saturated rings. The molecule has 1 spiro atoms. The minimum atomic E-state index is -4.60. The zero-order chi connectivity index (χ0) is 44.2. The van der Waals surface area contributed by atoms with Crippen molar-refractivity contribution in [3.8, 4) is 0 Å². The monoisotopic (exact) mass is 877 g/mol. The Morgan fingerprint density at radius 1 is 0.694 bits per heavy atom. The van der Waals surface area contributed by atoms with E-state index in [0.717, 1.165) is 17.7 Å². The summed E-state index contributed by atoms with van der Waals surface area (Å²) < 4.78 is 40.6. The fourth-order valence-electron chi connectivity index (χ4n) is 9.28. The number of hydrogen-bond acceptors (Lipinski definition) is 7. The first-order valence-corrected chi connectivity index (χ1v) is 21.5. The van der Waals surface area contributed by atoms with Gasteiger partial charge in [-0.2, -0.15) is 13.2 Å². The number of fused-ring (bicyclic) bond motifs is 2. The standard InChI is InChI=1S/C45H51ClF3N7O6/c46-32-16-12-28(13-17-32)23-34-38(57)51-33(18-21-50)41(60)55-22-6-9-36(55)42(61)56-26-30(29-7-2-1-3-8-29)25-37(56)40(59)52-35(24-27-10-14-31(15-11-27)45(47,48)49)39(58)54-44(43(62)53-34)19-4-5-20-44/h1-3,7-8,10-17,30,33-37H,4-6,9,18-26,50H2,(H,51,57)(H,52,59)(H,53,62)(H,54,58)/t30-,33-,34-,35-,36+,37+/m0/s1. The van der Waals surface area contributed by atoms with Gasteiger partial charge < -0.3 is 36.8 Å². The molecule has 3 heterocycles. The van der Waals surface area contributed by atoms with Gasteiger partial charge in [-0.1, -0.05) is 79.0 Å². The summed E-state index contributed by atoms with van der Waals surface area (Å²) in [5, 5.41) is 11.9. The molecular formula is C45H51ClF3N7O6. The molecule has 0 bridgehead atoms. The lowest BCUT2D eigenvalue weighted by molar-refractivity contribution is -0.148. The van der Waals surface area contributed by atoms with Gasteiger partial charge in [0.1, 0.15) is 35.7 Å². The molecule has 17 heteroatoms. The number of carbonyl (C=O) groups excluding carboxylic acids is 6. The topological polar surface area (TPSA) is 183 Å². The molecule has 3 aliphatic heterocycles. The SMILES string of the molecule is NCC[C@@H]1NC(=O)[C@H](Cc2ccc(Cl)cc2)NC(=O)C2(CCCC2)NC(=O)[C@H](Cc2ccc(C(F)(F)F)cc2)NC(=O)[C@H]2C[C@H](c3ccccc3)CN2C(=O)[C@H]2CCCN2C1=O. The molecule has 6 N–H and O–H groups in total. The van der Waals surface area contributed by atoms with Crippen LogP contribution in [-0.4, -0.2) is 101 Å². The lowest BCUT2D eigenvalue weighted by Crippen LogP contribution is -2.65. The van der Waals surface area contributed by atoms with Crippen molar-refractivity contribution in [2.24, 2.45) is 5.73 Å². The first-order valence-electron chi connectivity index (χ1n) is 21.2. The maximum absolute atomic E-state index is 14.7. The van der Waals surface area contributed by atoms with E-state index in [4.69, 9.17) is 17.3 Å². The van der Waals surface area contributed by atoms with Gasteiger partial charge in [0.15, 0.2) is 0 Å². The molecule has 7 rings (SSSR count). The first kappa shape index (κ1) is 44.6. The minimum Gasteiger partial charge on any atom is -0.342 e. The summed E-state index contributed by atoms with van der Waals surface area (Å²) in [5.41, 5.74) is 5.38. The van der Waals surface area contributed by atoms with Crippen LogP contribution in [0.15, 0.2) is 78.9 Å². The smallest absolute Gasteiger partial charge is 0.342 e. The number of nitrogens with two attached hydrogens (primary N) is 1. The van der Waals surface area contributed by atoms with Gasteiger partial charge >= 0.3 is 6.18 Å². The van der Waals surface area contributed by atoms with Crippen molar-refractivity contribution in [1.82, 2.24) is 31.1 Å². The number of amides is 6. The predicted octanol–water partition coefficient (Wildman–Crippen LogP) is 3.77. The van der Waals surface area contributed by atoms with Gasteiger partial charge in [-0.3, -0.25) is 28.8 Å². The lowest BCUT2D eigenvalue weighted by Gasteiger charge is -2.35. The van der Waals surface area contributed by atoms with Crippen LogP contribution >= 0.6 is 11.6 Å². The van der Waals surface area contributed by atoms with E-state index in [0.29, 0.717) is 41.8 Å². The maximum Gasteiger partial charge on any atom is 0.416 e. The third-order valence-electron chi connectivity index (χ3n) is 12.6. The Hall–Kier alpha value is -5.48. The van der Waals surface area contributed by atoms with Crippen LogP contribution in [0.25, 0.3) is 0 Å². The van der Waals surface area contributed by atoms with Gasteiger partial charge in [0, 0.05) is 36.9 Å². The van der Waals surface area contributed by atoms with Gasteiger partial charge in [0.05, 0.1) is 5.56 Å². The predicted molar refractivity (Wildman–Crippen MR) is 223 cm³/mol. The van der Waals surface area contributed by atoms with Crippen molar-refractivity contribution in [2.45, 2.75) is 112 Å². The summed E-state index contributed by atoms with van der Waals surface area (Å²) >= 11 is 6.14. The number of nitrogens with zero attached hydrogens (tertiary/aromatic N) is 2. The van der Waals surface area contributed by atoms with E-state index in [-0.39, 0.29) is 64.1 Å². The molecule has 0 radical (unpaired) electrons. The van der Waals surface area contributed by atoms with E-state index < -0.39 is 82.9 Å². The zero-order valence-corrected chi connectivity index (χ0v) is 34.9. The Morgan fingerprint density at radius 3 is 1.94 bits per heavy atom. The number of benzene rings is 3. The highest BCUT2D eigenvalue weighted by Crippen LogP contribution is 2.35. The molecule has 3 aromatic carbocycles. The second-order valence-electron chi connectivity index (χ2n) is 16.8. The molecule has 1 saturated carbocycles. The molecular weight excluding hydrogens is 827 g/mol. The number of nitrogens with one attached hydrogen (secondary N) is 4. The number of hydrogen-bond donors (Lipinski definition) is 5. The molecule has 330 valence electrons. The van der Waals surface area contributed by atoms with Crippen molar-refractivity contribution < 1.29 is 41.9 Å². The fraction of sp³-hybridized carbons (Fsp3) is 0.467. The summed E-state index contributed by atoms with van der Waals surface area (Å²) in [6.45, 7) is 0.364. The molecule has 1 aliphatic carbocycles. The van der Waals surface area contributed by atoms with E-state index >= 15 is 0 Å². The van der Waals surface area contributed by atoms with Gasteiger partial charge in [0.25, 0.3) is 0 Å². The molecule has 62 heavy (non-hydrogen) atoms. The number of alkyl halides is 3. The van der Waals surface area contributed by atoms with Crippen LogP contribution in [0.2, 0.25) is 5.02 Å². The van der Waals surface area contributed by atoms with Crippen LogP contribution in [0.4, 0.5) is 13.2 Å². The third kappa shape index (κ3) is 9.91. The first-order chi connectivity index (χ1) is 29.7. The Bertz CT molecular complexity index is 2140. The second-order valence-corrected chi connectivity index (χ2v) is 17.2. The average molecular weight is 878 g/mol. The Morgan fingerprint density at radius 2 is 1.31 bits per heavy atom. The number of rotatable bonds is 7. The highest BCUT2D eigenvalue weighted by Gasteiger charge is 2.49. The highest BCUT2D eigenvalue weighted by atomic mass is 35.5. The number of halogens is 4. The normalized spacial score (nSPS) is 26.3.